The Morgan fingerprint density at radius 1 is 1.33 bits per heavy atom. The number of thioether (sulfide) groups is 1. The lowest BCUT2D eigenvalue weighted by Crippen LogP contribution is -2.09. The first-order chi connectivity index (χ1) is 8.74. The summed E-state index contributed by atoms with van der Waals surface area (Å²) in [5.74, 6) is 0.967. The molecule has 0 aliphatic heterocycles. The lowest BCUT2D eigenvalue weighted by molar-refractivity contribution is 0.947. The zero-order chi connectivity index (χ0) is 12.8. The van der Waals surface area contributed by atoms with Crippen LogP contribution in [-0.2, 0) is 0 Å². The number of aromatic amines is 1. The number of nitrogens with two attached hydrogens (primary N) is 1. The zero-order valence-electron chi connectivity index (χ0n) is 9.67. The SMILES string of the molecule is Nc1cc(=O)[nH]c(SCC=Cc2ccccc2)n1. The molecule has 0 unspecified atom stereocenters. The minimum Gasteiger partial charge on any atom is -0.383 e. The first kappa shape index (κ1) is 12.4. The third-order valence-electron chi connectivity index (χ3n) is 2.17. The smallest absolute Gasteiger partial charge is 0.253 e. The van der Waals surface area contributed by atoms with Crippen LogP contribution in [0.2, 0.25) is 0 Å². The Morgan fingerprint density at radius 2 is 2.11 bits per heavy atom. The van der Waals surface area contributed by atoms with Crippen LogP contribution in [0, 0.1) is 0 Å². The van der Waals surface area contributed by atoms with Gasteiger partial charge in [0.2, 0.25) is 0 Å². The van der Waals surface area contributed by atoms with Gasteiger partial charge in [0.05, 0.1) is 0 Å². The molecule has 4 nitrogen and oxygen atoms in total. The molecule has 18 heavy (non-hydrogen) atoms. The fraction of sp³-hybridized carbons (Fsp3) is 0.0769. The maximum atomic E-state index is 11.2. The molecule has 0 bridgehead atoms. The number of nitrogen functional groups attached to an aromatic ring is 1. The van der Waals surface area contributed by atoms with Crippen LogP contribution in [0.25, 0.3) is 6.08 Å². The molecule has 2 aromatic rings. The Morgan fingerprint density at radius 3 is 2.83 bits per heavy atom. The normalized spacial score (nSPS) is 10.9. The highest BCUT2D eigenvalue weighted by Gasteiger charge is 1.97. The zero-order valence-corrected chi connectivity index (χ0v) is 10.5. The van der Waals surface area contributed by atoms with Gasteiger partial charge in [-0.1, -0.05) is 54.2 Å². The van der Waals surface area contributed by atoms with Gasteiger partial charge in [-0.3, -0.25) is 4.79 Å². The summed E-state index contributed by atoms with van der Waals surface area (Å²) in [6.45, 7) is 0. The van der Waals surface area contributed by atoms with E-state index in [1.165, 1.54) is 17.8 Å². The highest BCUT2D eigenvalue weighted by molar-refractivity contribution is 7.99. The number of hydrogen-bond donors (Lipinski definition) is 2. The molecule has 2 rings (SSSR count). The van der Waals surface area contributed by atoms with E-state index in [0.29, 0.717) is 5.16 Å². The molecule has 0 aliphatic rings. The third kappa shape index (κ3) is 3.78. The van der Waals surface area contributed by atoms with Crippen molar-refractivity contribution in [3.63, 3.8) is 0 Å². The minimum atomic E-state index is -0.225. The first-order valence-corrected chi connectivity index (χ1v) is 6.44. The summed E-state index contributed by atoms with van der Waals surface area (Å²) >= 11 is 1.43. The van der Waals surface area contributed by atoms with Crippen LogP contribution in [0.15, 0.2) is 52.4 Å². The van der Waals surface area contributed by atoms with E-state index in [-0.39, 0.29) is 11.4 Å². The summed E-state index contributed by atoms with van der Waals surface area (Å²) in [7, 11) is 0. The molecule has 5 heteroatoms. The fourth-order valence-electron chi connectivity index (χ4n) is 1.40. The summed E-state index contributed by atoms with van der Waals surface area (Å²) in [6, 6.07) is 11.3. The Balaban J connectivity index is 1.92. The van der Waals surface area contributed by atoms with Gasteiger partial charge in [-0.2, -0.15) is 0 Å². The quantitative estimate of drug-likeness (QED) is 0.652. The van der Waals surface area contributed by atoms with Crippen LogP contribution in [0.3, 0.4) is 0 Å². The number of nitrogens with one attached hydrogen (secondary N) is 1. The van der Waals surface area contributed by atoms with Crippen molar-refractivity contribution in [2.45, 2.75) is 5.16 Å². The molecule has 0 saturated carbocycles. The third-order valence-corrected chi connectivity index (χ3v) is 2.99. The summed E-state index contributed by atoms with van der Waals surface area (Å²) in [6.07, 6.45) is 4.04. The Labute approximate surface area is 109 Å². The molecular formula is C13H13N3OS. The van der Waals surface area contributed by atoms with E-state index in [1.807, 2.05) is 42.5 Å². The van der Waals surface area contributed by atoms with Crippen molar-refractivity contribution in [3.8, 4) is 0 Å². The summed E-state index contributed by atoms with van der Waals surface area (Å²) < 4.78 is 0. The number of rotatable bonds is 4. The van der Waals surface area contributed by atoms with Gasteiger partial charge in [-0.05, 0) is 5.56 Å². The van der Waals surface area contributed by atoms with E-state index in [0.717, 1.165) is 11.3 Å². The van der Waals surface area contributed by atoms with E-state index in [1.54, 1.807) is 0 Å². The van der Waals surface area contributed by atoms with Crippen LogP contribution >= 0.6 is 11.8 Å². The topological polar surface area (TPSA) is 71.8 Å². The monoisotopic (exact) mass is 259 g/mol. The van der Waals surface area contributed by atoms with Crippen LogP contribution < -0.4 is 11.3 Å². The Bertz CT molecular complexity index is 593. The average molecular weight is 259 g/mol. The summed E-state index contributed by atoms with van der Waals surface area (Å²) in [5, 5.41) is 0.540. The molecule has 0 saturated heterocycles. The maximum absolute atomic E-state index is 11.2. The second-order valence-corrected chi connectivity index (χ2v) is 4.61. The van der Waals surface area contributed by atoms with Crippen molar-refractivity contribution in [2.75, 3.05) is 11.5 Å². The summed E-state index contributed by atoms with van der Waals surface area (Å²) in [4.78, 5) is 17.8. The van der Waals surface area contributed by atoms with E-state index in [9.17, 15) is 4.79 Å². The number of H-pyrrole nitrogens is 1. The van der Waals surface area contributed by atoms with Gasteiger partial charge >= 0.3 is 0 Å². The molecule has 0 fully saturated rings. The molecule has 92 valence electrons. The molecule has 3 N–H and O–H groups in total. The lowest BCUT2D eigenvalue weighted by atomic mass is 10.2. The highest BCUT2D eigenvalue weighted by atomic mass is 32.2. The minimum absolute atomic E-state index is 0.225. The van der Waals surface area contributed by atoms with Crippen LogP contribution in [0.4, 0.5) is 5.82 Å². The van der Waals surface area contributed by atoms with E-state index < -0.39 is 0 Å². The first-order valence-electron chi connectivity index (χ1n) is 5.45. The van der Waals surface area contributed by atoms with Crippen molar-refractivity contribution >= 4 is 23.7 Å². The second kappa shape index (κ2) is 6.07. The molecule has 1 aromatic heterocycles. The predicted molar refractivity (Wildman–Crippen MR) is 75.5 cm³/mol. The second-order valence-electron chi connectivity index (χ2n) is 3.60. The maximum Gasteiger partial charge on any atom is 0.253 e. The molecule has 1 aromatic carbocycles. The lowest BCUT2D eigenvalue weighted by Gasteiger charge is -1.98. The van der Waals surface area contributed by atoms with Crippen molar-refractivity contribution in [3.05, 3.63) is 58.4 Å². The van der Waals surface area contributed by atoms with Crippen molar-refractivity contribution in [1.82, 2.24) is 9.97 Å². The van der Waals surface area contributed by atoms with E-state index in [4.69, 9.17) is 5.73 Å². The number of aromatic nitrogens is 2. The van der Waals surface area contributed by atoms with Gasteiger partial charge in [-0.25, -0.2) is 4.98 Å². The van der Waals surface area contributed by atoms with E-state index >= 15 is 0 Å². The molecule has 0 amide bonds. The van der Waals surface area contributed by atoms with Gasteiger partial charge < -0.3 is 10.7 Å². The van der Waals surface area contributed by atoms with E-state index in [2.05, 4.69) is 9.97 Å². The molecule has 0 atom stereocenters. The largest absolute Gasteiger partial charge is 0.383 e. The molecule has 1 heterocycles. The van der Waals surface area contributed by atoms with Gasteiger partial charge in [0.25, 0.3) is 5.56 Å². The van der Waals surface area contributed by atoms with Crippen LogP contribution in [-0.4, -0.2) is 15.7 Å². The van der Waals surface area contributed by atoms with Crippen molar-refractivity contribution in [1.29, 1.82) is 0 Å². The van der Waals surface area contributed by atoms with Crippen molar-refractivity contribution < 1.29 is 0 Å². The molecular weight excluding hydrogens is 246 g/mol. The van der Waals surface area contributed by atoms with Crippen LogP contribution in [0.5, 0.6) is 0 Å². The molecule has 0 aliphatic carbocycles. The number of hydrogen-bond acceptors (Lipinski definition) is 4. The van der Waals surface area contributed by atoms with Gasteiger partial charge in [0.1, 0.15) is 5.82 Å². The highest BCUT2D eigenvalue weighted by Crippen LogP contribution is 2.12. The average Bonchev–Trinajstić information content (AvgIpc) is 2.35. The number of benzene rings is 1. The molecule has 0 spiro atoms. The van der Waals surface area contributed by atoms with Gasteiger partial charge in [-0.15, -0.1) is 0 Å². The van der Waals surface area contributed by atoms with Gasteiger partial charge in [0, 0.05) is 11.8 Å². The van der Waals surface area contributed by atoms with Crippen molar-refractivity contribution in [2.24, 2.45) is 0 Å². The number of nitrogens with zero attached hydrogens (tertiary/aromatic N) is 1. The Hall–Kier alpha value is -2.01. The number of anilines is 1. The van der Waals surface area contributed by atoms with Gasteiger partial charge in [0.15, 0.2) is 5.16 Å². The van der Waals surface area contributed by atoms with Crippen LogP contribution in [0.1, 0.15) is 5.56 Å². The fourth-order valence-corrected chi connectivity index (χ4v) is 2.09. The standard InChI is InChI=1S/C13H13N3OS/c14-11-9-12(17)16-13(15-11)18-8-4-7-10-5-2-1-3-6-10/h1-7,9H,8H2,(H3,14,15,16,17). The predicted octanol–water partition coefficient (Wildman–Crippen LogP) is 2.16. The summed E-state index contributed by atoms with van der Waals surface area (Å²) in [5.41, 5.74) is 6.41. The molecule has 0 radical (unpaired) electrons. The Kier molecular flexibility index (Phi) is 4.20.